The highest BCUT2D eigenvalue weighted by Crippen LogP contribution is 2.07. The molecule has 0 rings (SSSR count). The van der Waals surface area contributed by atoms with Crippen LogP contribution in [0.5, 0.6) is 0 Å². The fourth-order valence-corrected chi connectivity index (χ4v) is 1.15. The molecule has 0 radical (unpaired) electrons. The zero-order chi connectivity index (χ0) is 13.7. The van der Waals surface area contributed by atoms with Crippen molar-refractivity contribution in [2.75, 3.05) is 6.61 Å². The van der Waals surface area contributed by atoms with Gasteiger partial charge in [0.2, 0.25) is 11.6 Å². The topological polar surface area (TPSA) is 141 Å². The summed E-state index contributed by atoms with van der Waals surface area (Å²) in [5.74, 6) is -2.35. The summed E-state index contributed by atoms with van der Waals surface area (Å²) in [5, 5.41) is 36.4. The van der Waals surface area contributed by atoms with Gasteiger partial charge in [-0.25, -0.2) is 0 Å². The molecule has 4 atom stereocenters. The molecule has 0 saturated heterocycles. The van der Waals surface area contributed by atoms with Gasteiger partial charge in [-0.1, -0.05) is 13.8 Å². The quantitative estimate of drug-likeness (QED) is 0.306. The second-order valence-electron chi connectivity index (χ2n) is 4.14. The third kappa shape index (κ3) is 4.14. The van der Waals surface area contributed by atoms with Crippen LogP contribution in [0.15, 0.2) is 0 Å². The maximum absolute atomic E-state index is 11.5. The van der Waals surface area contributed by atoms with E-state index >= 15 is 0 Å². The number of carbonyl (C=O) groups excluding carboxylic acids is 2. The normalized spacial score (nSPS) is 18.6. The van der Waals surface area contributed by atoms with Gasteiger partial charge < -0.3 is 26.2 Å². The predicted molar refractivity (Wildman–Crippen MR) is 57.9 cm³/mol. The Hall–Kier alpha value is -0.860. The summed E-state index contributed by atoms with van der Waals surface area (Å²) in [4.78, 5) is 22.8. The smallest absolute Gasteiger partial charge is 0.218 e. The SMILES string of the molecule is CC(C)C(=O)C(=O)[C@H](N)[C@@H](O)[C@@H](O)[C@H](O)CO. The van der Waals surface area contributed by atoms with Gasteiger partial charge in [0.05, 0.1) is 6.61 Å². The number of carbonyl (C=O) groups is 2. The van der Waals surface area contributed by atoms with Crippen LogP contribution in [0.25, 0.3) is 0 Å². The van der Waals surface area contributed by atoms with Crippen LogP contribution >= 0.6 is 0 Å². The van der Waals surface area contributed by atoms with Crippen molar-refractivity contribution < 1.29 is 30.0 Å². The molecule has 0 heterocycles. The Morgan fingerprint density at radius 3 is 1.88 bits per heavy atom. The molecule has 6 N–H and O–H groups in total. The third-order valence-electron chi connectivity index (χ3n) is 2.37. The van der Waals surface area contributed by atoms with Crippen LogP contribution < -0.4 is 5.73 Å². The number of aliphatic hydroxyl groups excluding tert-OH is 4. The molecule has 7 nitrogen and oxygen atoms in total. The van der Waals surface area contributed by atoms with Crippen molar-refractivity contribution in [2.24, 2.45) is 11.7 Å². The molecule has 0 aliphatic carbocycles. The van der Waals surface area contributed by atoms with E-state index in [0.29, 0.717) is 0 Å². The molecule has 0 fully saturated rings. The summed E-state index contributed by atoms with van der Waals surface area (Å²) >= 11 is 0. The molecule has 0 aromatic heterocycles. The molecule has 0 bridgehead atoms. The van der Waals surface area contributed by atoms with Gasteiger partial charge in [0, 0.05) is 5.92 Å². The first-order valence-electron chi connectivity index (χ1n) is 5.22. The Kier molecular flexibility index (Phi) is 6.43. The van der Waals surface area contributed by atoms with E-state index < -0.39 is 48.4 Å². The molecular weight excluding hydrogens is 230 g/mol. The minimum atomic E-state index is -1.81. The van der Waals surface area contributed by atoms with E-state index in [-0.39, 0.29) is 0 Å². The number of nitrogens with two attached hydrogens (primary N) is 1. The average molecular weight is 249 g/mol. The molecule has 0 aliphatic heterocycles. The van der Waals surface area contributed by atoms with Gasteiger partial charge in [-0.3, -0.25) is 9.59 Å². The van der Waals surface area contributed by atoms with Gasteiger partial charge in [0.1, 0.15) is 24.4 Å². The first-order chi connectivity index (χ1) is 7.73. The summed E-state index contributed by atoms with van der Waals surface area (Å²) in [6.45, 7) is 2.20. The Morgan fingerprint density at radius 2 is 1.53 bits per heavy atom. The maximum atomic E-state index is 11.5. The van der Waals surface area contributed by atoms with E-state index in [1.165, 1.54) is 13.8 Å². The third-order valence-corrected chi connectivity index (χ3v) is 2.37. The summed E-state index contributed by atoms with van der Waals surface area (Å²) in [7, 11) is 0. The van der Waals surface area contributed by atoms with Crippen molar-refractivity contribution in [2.45, 2.75) is 38.2 Å². The fourth-order valence-electron chi connectivity index (χ4n) is 1.15. The Morgan fingerprint density at radius 1 is 1.06 bits per heavy atom. The molecule has 0 saturated carbocycles. The number of rotatable bonds is 7. The first kappa shape index (κ1) is 16.1. The van der Waals surface area contributed by atoms with E-state index in [0.717, 1.165) is 0 Å². The highest BCUT2D eigenvalue weighted by molar-refractivity contribution is 6.39. The van der Waals surface area contributed by atoms with E-state index in [2.05, 4.69) is 0 Å². The van der Waals surface area contributed by atoms with Crippen LogP contribution in [0.1, 0.15) is 13.8 Å². The molecule has 0 unspecified atom stereocenters. The monoisotopic (exact) mass is 249 g/mol. The van der Waals surface area contributed by atoms with Crippen molar-refractivity contribution in [1.82, 2.24) is 0 Å². The van der Waals surface area contributed by atoms with Crippen LogP contribution in [0.4, 0.5) is 0 Å². The van der Waals surface area contributed by atoms with Gasteiger partial charge in [-0.05, 0) is 0 Å². The molecule has 100 valence electrons. The average Bonchev–Trinajstić information content (AvgIpc) is 2.32. The van der Waals surface area contributed by atoms with Crippen LogP contribution in [-0.4, -0.2) is 63.0 Å². The fraction of sp³-hybridized carbons (Fsp3) is 0.800. The minimum Gasteiger partial charge on any atom is -0.394 e. The molecule has 0 aromatic carbocycles. The zero-order valence-electron chi connectivity index (χ0n) is 9.78. The Bertz CT molecular complexity index is 280. The lowest BCUT2D eigenvalue weighted by Crippen LogP contribution is -2.54. The molecule has 7 heteroatoms. The van der Waals surface area contributed by atoms with Crippen molar-refractivity contribution in [3.8, 4) is 0 Å². The van der Waals surface area contributed by atoms with E-state index in [9.17, 15) is 19.8 Å². The van der Waals surface area contributed by atoms with Crippen LogP contribution in [0.2, 0.25) is 0 Å². The van der Waals surface area contributed by atoms with Crippen molar-refractivity contribution in [1.29, 1.82) is 0 Å². The highest BCUT2D eigenvalue weighted by atomic mass is 16.4. The van der Waals surface area contributed by atoms with Crippen molar-refractivity contribution >= 4 is 11.6 Å². The number of Topliss-reactive ketones (excluding diaryl/α,β-unsaturated/α-hetero) is 2. The van der Waals surface area contributed by atoms with Crippen molar-refractivity contribution in [3.05, 3.63) is 0 Å². The van der Waals surface area contributed by atoms with Crippen molar-refractivity contribution in [3.63, 3.8) is 0 Å². The van der Waals surface area contributed by atoms with Gasteiger partial charge in [0.15, 0.2) is 0 Å². The molecule has 0 amide bonds. The highest BCUT2D eigenvalue weighted by Gasteiger charge is 2.36. The van der Waals surface area contributed by atoms with Gasteiger partial charge in [-0.15, -0.1) is 0 Å². The zero-order valence-corrected chi connectivity index (χ0v) is 9.78. The molecule has 0 spiro atoms. The van der Waals surface area contributed by atoms with Crippen LogP contribution in [0, 0.1) is 5.92 Å². The van der Waals surface area contributed by atoms with E-state index in [1.54, 1.807) is 0 Å². The van der Waals surface area contributed by atoms with Gasteiger partial charge in [-0.2, -0.15) is 0 Å². The lowest BCUT2D eigenvalue weighted by Gasteiger charge is -2.25. The van der Waals surface area contributed by atoms with E-state index in [1.807, 2.05) is 0 Å². The second-order valence-corrected chi connectivity index (χ2v) is 4.14. The molecule has 0 aliphatic rings. The Balaban J connectivity index is 4.65. The largest absolute Gasteiger partial charge is 0.394 e. The number of aliphatic hydroxyl groups is 4. The summed E-state index contributed by atoms with van der Waals surface area (Å²) in [6, 6.07) is -1.62. The molecule has 0 aromatic rings. The lowest BCUT2D eigenvalue weighted by atomic mass is 9.93. The summed E-state index contributed by atoms with van der Waals surface area (Å²) < 4.78 is 0. The predicted octanol–water partition coefficient (Wildman–Crippen LogP) is -2.82. The van der Waals surface area contributed by atoms with Gasteiger partial charge >= 0.3 is 0 Å². The van der Waals surface area contributed by atoms with Gasteiger partial charge in [0.25, 0.3) is 0 Å². The van der Waals surface area contributed by atoms with Crippen LogP contribution in [0.3, 0.4) is 0 Å². The minimum absolute atomic E-state index is 0.569. The number of hydrogen-bond acceptors (Lipinski definition) is 7. The Labute approximate surface area is 98.9 Å². The van der Waals surface area contributed by atoms with E-state index in [4.69, 9.17) is 15.9 Å². The standard InChI is InChI=1S/C10H19NO6/c1-4(2)7(14)9(16)6(11)10(17)8(15)5(13)3-12/h4-6,8,10,12-13,15,17H,3,11H2,1-2H3/t5-,6+,8+,10-/m1/s1. The summed E-state index contributed by atoms with van der Waals surface area (Å²) in [5.41, 5.74) is 5.32. The summed E-state index contributed by atoms with van der Waals surface area (Å²) in [6.07, 6.45) is -5.23. The lowest BCUT2D eigenvalue weighted by molar-refractivity contribution is -0.143. The first-order valence-corrected chi connectivity index (χ1v) is 5.22. The maximum Gasteiger partial charge on any atom is 0.218 e. The molecule has 17 heavy (non-hydrogen) atoms. The second kappa shape index (κ2) is 6.77. The molecular formula is C10H19NO6. The number of ketones is 2. The van der Waals surface area contributed by atoms with Crippen LogP contribution in [-0.2, 0) is 9.59 Å². The number of hydrogen-bond donors (Lipinski definition) is 5.